The van der Waals surface area contributed by atoms with Gasteiger partial charge < -0.3 is 19.9 Å². The van der Waals surface area contributed by atoms with Crippen LogP contribution >= 0.6 is 0 Å². The average molecular weight is 319 g/mol. The van der Waals surface area contributed by atoms with Crippen molar-refractivity contribution < 1.29 is 15.3 Å². The summed E-state index contributed by atoms with van der Waals surface area (Å²) >= 11 is 0. The predicted octanol–water partition coefficient (Wildman–Crippen LogP) is -0.0864. The van der Waals surface area contributed by atoms with Crippen LogP contribution < -0.4 is 5.43 Å². The van der Waals surface area contributed by atoms with Crippen LogP contribution in [0.15, 0.2) is 35.4 Å². The van der Waals surface area contributed by atoms with Gasteiger partial charge in [-0.15, -0.1) is 0 Å². The molecule has 7 nitrogen and oxygen atoms in total. The average Bonchev–Trinajstić information content (AvgIpc) is 2.55. The normalized spacial score (nSPS) is 11.1. The van der Waals surface area contributed by atoms with E-state index >= 15 is 0 Å². The number of nitrogens with zero attached hydrogens (tertiary/aromatic N) is 3. The molecule has 0 radical (unpaired) electrons. The van der Waals surface area contributed by atoms with E-state index in [0.717, 1.165) is 5.56 Å². The molecule has 0 aliphatic rings. The lowest BCUT2D eigenvalue weighted by Crippen LogP contribution is -2.27. The first-order valence-corrected chi connectivity index (χ1v) is 7.30. The zero-order chi connectivity index (χ0) is 16.8. The first-order chi connectivity index (χ1) is 11.1. The summed E-state index contributed by atoms with van der Waals surface area (Å²) in [7, 11) is 1.78. The van der Waals surface area contributed by atoms with Crippen LogP contribution in [0.2, 0.25) is 0 Å². The summed E-state index contributed by atoms with van der Waals surface area (Å²) in [6.07, 6.45) is 3.35. The van der Waals surface area contributed by atoms with Crippen molar-refractivity contribution in [2.75, 3.05) is 20.2 Å². The fourth-order valence-electron chi connectivity index (χ4n) is 2.41. The van der Waals surface area contributed by atoms with Gasteiger partial charge in [0.05, 0.1) is 18.9 Å². The number of aliphatic hydroxyl groups excluding tert-OH is 2. The second-order valence-corrected chi connectivity index (χ2v) is 5.36. The maximum atomic E-state index is 11.9. The van der Waals surface area contributed by atoms with Crippen molar-refractivity contribution >= 4 is 0 Å². The molecule has 0 amide bonds. The van der Waals surface area contributed by atoms with E-state index in [9.17, 15) is 15.0 Å². The minimum absolute atomic E-state index is 0.0240. The van der Waals surface area contributed by atoms with Crippen molar-refractivity contribution in [1.29, 1.82) is 0 Å². The maximum absolute atomic E-state index is 11.9. The number of pyridine rings is 2. The highest BCUT2D eigenvalue weighted by Gasteiger charge is 2.16. The Labute approximate surface area is 134 Å². The predicted molar refractivity (Wildman–Crippen MR) is 85.0 cm³/mol. The number of hydrogen-bond acceptors (Lipinski definition) is 6. The van der Waals surface area contributed by atoms with Gasteiger partial charge in [0, 0.05) is 43.8 Å². The lowest BCUT2D eigenvalue weighted by molar-refractivity contribution is 0.211. The molecule has 2 rings (SSSR count). The minimum atomic E-state index is -0.524. The topological polar surface area (TPSA) is 98.8 Å². The molecule has 2 heterocycles. The fraction of sp³-hybridized carbons (Fsp3) is 0.375. The lowest BCUT2D eigenvalue weighted by atomic mass is 10.2. The summed E-state index contributed by atoms with van der Waals surface area (Å²) in [5, 5.41) is 28.8. The minimum Gasteiger partial charge on any atom is -0.503 e. The third-order valence-corrected chi connectivity index (χ3v) is 3.60. The zero-order valence-corrected chi connectivity index (χ0v) is 13.0. The van der Waals surface area contributed by atoms with Gasteiger partial charge >= 0.3 is 0 Å². The van der Waals surface area contributed by atoms with E-state index in [4.69, 9.17) is 5.11 Å². The molecular weight excluding hydrogens is 298 g/mol. The second-order valence-electron chi connectivity index (χ2n) is 5.36. The molecule has 0 spiro atoms. The summed E-state index contributed by atoms with van der Waals surface area (Å²) in [5.74, 6) is -0.337. The van der Waals surface area contributed by atoms with E-state index in [0.29, 0.717) is 24.5 Å². The van der Waals surface area contributed by atoms with Gasteiger partial charge in [-0.05, 0) is 18.7 Å². The molecule has 0 saturated carbocycles. The Morgan fingerprint density at radius 2 is 2.13 bits per heavy atom. The van der Waals surface area contributed by atoms with E-state index in [1.165, 1.54) is 6.07 Å². The number of aliphatic hydroxyl groups is 2. The molecule has 2 aromatic heterocycles. The van der Waals surface area contributed by atoms with Crippen molar-refractivity contribution in [1.82, 2.24) is 14.5 Å². The third-order valence-electron chi connectivity index (χ3n) is 3.60. The Morgan fingerprint density at radius 1 is 1.35 bits per heavy atom. The Hall–Kier alpha value is -2.22. The van der Waals surface area contributed by atoms with Gasteiger partial charge in [-0.2, -0.15) is 0 Å². The molecule has 0 aliphatic carbocycles. The van der Waals surface area contributed by atoms with Crippen molar-refractivity contribution in [2.24, 2.45) is 0 Å². The molecule has 2 aromatic rings. The molecular formula is C16H21N3O4. The van der Waals surface area contributed by atoms with Crippen molar-refractivity contribution in [3.05, 3.63) is 57.8 Å². The van der Waals surface area contributed by atoms with E-state index in [1.807, 2.05) is 6.07 Å². The molecule has 0 aromatic carbocycles. The molecule has 0 atom stereocenters. The van der Waals surface area contributed by atoms with E-state index in [1.54, 1.807) is 35.0 Å². The number of hydrogen-bond donors (Lipinski definition) is 3. The summed E-state index contributed by atoms with van der Waals surface area (Å²) in [4.78, 5) is 17.7. The van der Waals surface area contributed by atoms with Crippen molar-refractivity contribution in [3.8, 4) is 5.75 Å². The highest BCUT2D eigenvalue weighted by molar-refractivity contribution is 5.31. The first kappa shape index (κ1) is 17.1. The Morgan fingerprint density at radius 3 is 2.74 bits per heavy atom. The number of rotatable bonds is 7. The van der Waals surface area contributed by atoms with Crippen LogP contribution in [0, 0.1) is 0 Å². The largest absolute Gasteiger partial charge is 0.503 e. The summed E-state index contributed by atoms with van der Waals surface area (Å²) < 4.78 is 1.71. The lowest BCUT2D eigenvalue weighted by Gasteiger charge is -2.22. The molecule has 0 saturated heterocycles. The Bertz CT molecular complexity index is 700. The first-order valence-electron chi connectivity index (χ1n) is 7.30. The fourth-order valence-corrected chi connectivity index (χ4v) is 2.41. The van der Waals surface area contributed by atoms with Crippen LogP contribution in [0.3, 0.4) is 0 Å². The van der Waals surface area contributed by atoms with Crippen LogP contribution in [-0.2, 0) is 19.7 Å². The van der Waals surface area contributed by atoms with Gasteiger partial charge in [0.25, 0.3) is 0 Å². The van der Waals surface area contributed by atoms with Crippen molar-refractivity contribution in [3.63, 3.8) is 0 Å². The van der Waals surface area contributed by atoms with Gasteiger partial charge in [0.1, 0.15) is 0 Å². The van der Waals surface area contributed by atoms with Gasteiger partial charge in [0.2, 0.25) is 5.43 Å². The standard InChI is InChI=1S/C16H21N3O4/c1-18(5-6-20)10-14-16(23)15(22)7-13(11-21)19(14)9-12-3-2-4-17-8-12/h2-4,7-8,20-21,23H,5-6,9-11H2,1H3. The molecule has 124 valence electrons. The summed E-state index contributed by atoms with van der Waals surface area (Å²) in [6, 6.07) is 4.92. The highest BCUT2D eigenvalue weighted by Crippen LogP contribution is 2.18. The van der Waals surface area contributed by atoms with Gasteiger partial charge in [0.15, 0.2) is 5.75 Å². The van der Waals surface area contributed by atoms with E-state index in [2.05, 4.69) is 4.98 Å². The Balaban J connectivity index is 2.48. The SMILES string of the molecule is CN(CCO)Cc1c(O)c(=O)cc(CO)n1Cc1cccnc1. The molecule has 0 fully saturated rings. The van der Waals surface area contributed by atoms with Gasteiger partial charge in [-0.1, -0.05) is 6.07 Å². The molecule has 3 N–H and O–H groups in total. The highest BCUT2D eigenvalue weighted by atomic mass is 16.3. The molecule has 23 heavy (non-hydrogen) atoms. The van der Waals surface area contributed by atoms with Crippen LogP contribution in [0.25, 0.3) is 0 Å². The molecule has 0 bridgehead atoms. The van der Waals surface area contributed by atoms with E-state index in [-0.39, 0.29) is 25.5 Å². The Kier molecular flexibility index (Phi) is 5.86. The number of aromatic hydroxyl groups is 1. The van der Waals surface area contributed by atoms with Crippen LogP contribution in [-0.4, -0.2) is 50.0 Å². The third kappa shape index (κ3) is 4.16. The number of likely N-dealkylation sites (N-methyl/N-ethyl adjacent to an activating group) is 1. The van der Waals surface area contributed by atoms with Crippen molar-refractivity contribution in [2.45, 2.75) is 19.7 Å². The molecule has 0 unspecified atom stereocenters. The van der Waals surface area contributed by atoms with Crippen LogP contribution in [0.4, 0.5) is 0 Å². The molecule has 7 heteroatoms. The van der Waals surface area contributed by atoms with Gasteiger partial charge in [-0.3, -0.25) is 14.7 Å². The maximum Gasteiger partial charge on any atom is 0.223 e. The summed E-state index contributed by atoms with van der Waals surface area (Å²) in [5.41, 5.74) is 1.19. The second kappa shape index (κ2) is 7.87. The molecule has 0 aliphatic heterocycles. The number of aromatic nitrogens is 2. The quantitative estimate of drug-likeness (QED) is 0.660. The van der Waals surface area contributed by atoms with Crippen LogP contribution in [0.5, 0.6) is 5.75 Å². The zero-order valence-electron chi connectivity index (χ0n) is 13.0. The van der Waals surface area contributed by atoms with Crippen LogP contribution in [0.1, 0.15) is 17.0 Å². The smallest absolute Gasteiger partial charge is 0.223 e. The monoisotopic (exact) mass is 319 g/mol. The van der Waals surface area contributed by atoms with E-state index < -0.39 is 5.43 Å². The summed E-state index contributed by atoms with van der Waals surface area (Å²) in [6.45, 7) is 0.718. The van der Waals surface area contributed by atoms with Gasteiger partial charge in [-0.25, -0.2) is 0 Å².